The first-order valence-electron chi connectivity index (χ1n) is 4.72. The molecule has 70 valence electrons. The van der Waals surface area contributed by atoms with Gasteiger partial charge >= 0.3 is 0 Å². The third-order valence-corrected chi connectivity index (χ3v) is 2.25. The second kappa shape index (κ2) is 4.45. The van der Waals surface area contributed by atoms with E-state index < -0.39 is 0 Å². The Hall–Kier alpha value is -0.570. The number of hydrogen-bond acceptors (Lipinski definition) is 2. The summed E-state index contributed by atoms with van der Waals surface area (Å²) in [6.45, 7) is 3.81. The zero-order chi connectivity index (χ0) is 8.97. The predicted molar refractivity (Wildman–Crippen MR) is 49.0 cm³/mol. The van der Waals surface area contributed by atoms with E-state index in [1.165, 1.54) is 12.8 Å². The van der Waals surface area contributed by atoms with Gasteiger partial charge in [0.05, 0.1) is 0 Å². The van der Waals surface area contributed by atoms with E-state index in [2.05, 4.69) is 12.2 Å². The van der Waals surface area contributed by atoms with Crippen molar-refractivity contribution in [3.63, 3.8) is 0 Å². The average molecular weight is 170 g/mol. The zero-order valence-corrected chi connectivity index (χ0v) is 7.97. The van der Waals surface area contributed by atoms with Gasteiger partial charge in [0, 0.05) is 26.1 Å². The minimum atomic E-state index is 0.276. The van der Waals surface area contributed by atoms with Crippen molar-refractivity contribution in [1.29, 1.82) is 0 Å². The minimum Gasteiger partial charge on any atom is -0.343 e. The normalized spacial score (nSPS) is 16.2. The second-order valence-electron chi connectivity index (χ2n) is 3.34. The third-order valence-electron chi connectivity index (χ3n) is 2.25. The molecule has 12 heavy (non-hydrogen) atoms. The molecule has 3 heteroatoms. The van der Waals surface area contributed by atoms with Crippen LogP contribution < -0.4 is 5.32 Å². The number of hydrogen-bond donors (Lipinski definition) is 1. The van der Waals surface area contributed by atoms with Crippen LogP contribution in [0.25, 0.3) is 0 Å². The molecule has 3 nitrogen and oxygen atoms in total. The van der Waals surface area contributed by atoms with E-state index in [0.717, 1.165) is 13.1 Å². The van der Waals surface area contributed by atoms with Gasteiger partial charge in [-0.15, -0.1) is 0 Å². The molecule has 0 spiro atoms. The highest BCUT2D eigenvalue weighted by atomic mass is 16.2. The van der Waals surface area contributed by atoms with Crippen LogP contribution in [0.15, 0.2) is 0 Å². The maximum Gasteiger partial charge on any atom is 0.223 e. The topological polar surface area (TPSA) is 32.3 Å². The Morgan fingerprint density at radius 2 is 2.25 bits per heavy atom. The van der Waals surface area contributed by atoms with Crippen molar-refractivity contribution in [2.24, 2.45) is 0 Å². The van der Waals surface area contributed by atoms with Crippen molar-refractivity contribution in [3.05, 3.63) is 0 Å². The Kier molecular flexibility index (Phi) is 3.53. The van der Waals surface area contributed by atoms with Gasteiger partial charge in [-0.2, -0.15) is 0 Å². The maximum absolute atomic E-state index is 11.4. The molecule has 1 N–H and O–H groups in total. The highest BCUT2D eigenvalue weighted by Crippen LogP contribution is 2.25. The lowest BCUT2D eigenvalue weighted by molar-refractivity contribution is -0.130. The van der Waals surface area contributed by atoms with Crippen LogP contribution in [0.2, 0.25) is 0 Å². The summed E-state index contributed by atoms with van der Waals surface area (Å²) in [5, 5.41) is 3.15. The molecule has 1 aliphatic rings. The van der Waals surface area contributed by atoms with Gasteiger partial charge in [0.25, 0.3) is 0 Å². The van der Waals surface area contributed by atoms with Crippen LogP contribution in [0.1, 0.15) is 26.2 Å². The molecule has 1 aliphatic carbocycles. The number of carbonyl (C=O) groups is 1. The number of nitrogens with zero attached hydrogens (tertiary/aromatic N) is 1. The molecule has 0 aromatic rings. The molecular formula is C9H18N2O. The molecule has 0 aromatic carbocycles. The summed E-state index contributed by atoms with van der Waals surface area (Å²) in [5.41, 5.74) is 0. The molecule has 0 radical (unpaired) electrons. The molecule has 0 atom stereocenters. The summed E-state index contributed by atoms with van der Waals surface area (Å²) in [7, 11) is 1.91. The van der Waals surface area contributed by atoms with Gasteiger partial charge in [0.15, 0.2) is 0 Å². The third kappa shape index (κ3) is 2.81. The van der Waals surface area contributed by atoms with E-state index in [0.29, 0.717) is 12.5 Å². The fourth-order valence-corrected chi connectivity index (χ4v) is 1.21. The van der Waals surface area contributed by atoms with Crippen molar-refractivity contribution in [2.45, 2.75) is 32.2 Å². The van der Waals surface area contributed by atoms with Crippen molar-refractivity contribution in [2.75, 3.05) is 20.1 Å². The molecule has 1 fully saturated rings. The van der Waals surface area contributed by atoms with Gasteiger partial charge in [0.2, 0.25) is 5.91 Å². The van der Waals surface area contributed by atoms with Crippen molar-refractivity contribution < 1.29 is 4.79 Å². The van der Waals surface area contributed by atoms with E-state index in [1.54, 1.807) is 0 Å². The number of carbonyl (C=O) groups excluding carboxylic acids is 1. The summed E-state index contributed by atoms with van der Waals surface area (Å²) in [6, 6.07) is 0.555. The fraction of sp³-hybridized carbons (Fsp3) is 0.889. The Morgan fingerprint density at radius 1 is 1.58 bits per heavy atom. The molecule has 1 amide bonds. The zero-order valence-electron chi connectivity index (χ0n) is 7.97. The standard InChI is InChI=1S/C9H18N2O/c1-3-10-7-6-9(12)11(2)8-4-5-8/h8,10H,3-7H2,1-2H3. The van der Waals surface area contributed by atoms with E-state index in [-0.39, 0.29) is 5.91 Å². The van der Waals surface area contributed by atoms with E-state index in [4.69, 9.17) is 0 Å². The summed E-state index contributed by atoms with van der Waals surface area (Å²) >= 11 is 0. The van der Waals surface area contributed by atoms with Gasteiger partial charge < -0.3 is 10.2 Å². The first-order valence-corrected chi connectivity index (χ1v) is 4.72. The van der Waals surface area contributed by atoms with E-state index >= 15 is 0 Å². The lowest BCUT2D eigenvalue weighted by Crippen LogP contribution is -2.31. The molecule has 1 saturated carbocycles. The monoisotopic (exact) mass is 170 g/mol. The summed E-state index contributed by atoms with van der Waals surface area (Å²) in [5.74, 6) is 0.276. The SMILES string of the molecule is CCNCCC(=O)N(C)C1CC1. The molecule has 0 unspecified atom stereocenters. The predicted octanol–water partition coefficient (Wildman–Crippen LogP) is 0.607. The summed E-state index contributed by atoms with van der Waals surface area (Å²) in [6.07, 6.45) is 3.04. The smallest absolute Gasteiger partial charge is 0.223 e. The molecular weight excluding hydrogens is 152 g/mol. The van der Waals surface area contributed by atoms with Crippen LogP contribution in [0.4, 0.5) is 0 Å². The Balaban J connectivity index is 2.09. The number of nitrogens with one attached hydrogen (secondary N) is 1. The first-order chi connectivity index (χ1) is 5.75. The van der Waals surface area contributed by atoms with Crippen LogP contribution >= 0.6 is 0 Å². The molecule has 1 rings (SSSR count). The van der Waals surface area contributed by atoms with E-state index in [9.17, 15) is 4.79 Å². The van der Waals surface area contributed by atoms with Gasteiger partial charge in [-0.3, -0.25) is 4.79 Å². The first kappa shape index (κ1) is 9.52. The Bertz CT molecular complexity index is 155. The lowest BCUT2D eigenvalue weighted by Gasteiger charge is -2.15. The maximum atomic E-state index is 11.4. The summed E-state index contributed by atoms with van der Waals surface area (Å²) < 4.78 is 0. The van der Waals surface area contributed by atoms with Crippen molar-refractivity contribution in [1.82, 2.24) is 10.2 Å². The van der Waals surface area contributed by atoms with Gasteiger partial charge in [-0.1, -0.05) is 6.92 Å². The van der Waals surface area contributed by atoms with Crippen molar-refractivity contribution >= 4 is 5.91 Å². The number of rotatable bonds is 5. The molecule has 0 saturated heterocycles. The Morgan fingerprint density at radius 3 is 2.75 bits per heavy atom. The quantitative estimate of drug-likeness (QED) is 0.613. The van der Waals surface area contributed by atoms with Crippen LogP contribution in [0.5, 0.6) is 0 Å². The lowest BCUT2D eigenvalue weighted by atomic mass is 10.3. The average Bonchev–Trinajstić information content (AvgIpc) is 2.86. The fourth-order valence-electron chi connectivity index (χ4n) is 1.21. The van der Waals surface area contributed by atoms with Crippen LogP contribution in [0, 0.1) is 0 Å². The molecule has 0 bridgehead atoms. The minimum absolute atomic E-state index is 0.276. The molecule has 0 aromatic heterocycles. The second-order valence-corrected chi connectivity index (χ2v) is 3.34. The van der Waals surface area contributed by atoms with Gasteiger partial charge in [-0.05, 0) is 19.4 Å². The number of amides is 1. The molecule has 0 aliphatic heterocycles. The van der Waals surface area contributed by atoms with E-state index in [1.807, 2.05) is 11.9 Å². The van der Waals surface area contributed by atoms with Crippen LogP contribution in [-0.2, 0) is 4.79 Å². The molecule has 0 heterocycles. The van der Waals surface area contributed by atoms with Crippen LogP contribution in [0.3, 0.4) is 0 Å². The summed E-state index contributed by atoms with van der Waals surface area (Å²) in [4.78, 5) is 13.3. The highest BCUT2D eigenvalue weighted by molar-refractivity contribution is 5.76. The van der Waals surface area contributed by atoms with Crippen LogP contribution in [-0.4, -0.2) is 37.0 Å². The highest BCUT2D eigenvalue weighted by Gasteiger charge is 2.28. The van der Waals surface area contributed by atoms with Gasteiger partial charge in [-0.25, -0.2) is 0 Å². The Labute approximate surface area is 74.1 Å². The largest absolute Gasteiger partial charge is 0.343 e. The van der Waals surface area contributed by atoms with Crippen molar-refractivity contribution in [3.8, 4) is 0 Å². The van der Waals surface area contributed by atoms with Gasteiger partial charge in [0.1, 0.15) is 0 Å².